The summed E-state index contributed by atoms with van der Waals surface area (Å²) in [6, 6.07) is 3.16. The monoisotopic (exact) mass is 360 g/mol. The standard InChI is InChI=1S/C10H13NO3.C9H11NO2/c1-10(2,14)8-3-7(4-11-5-8)9(13)6-12;1-9(2,12)8-3-7(6-11)4-10-5-8/h3-5,12,14H,6H2,1-2H3;3-6,12H,1-2H3. The molecule has 0 aliphatic carbocycles. The Hall–Kier alpha value is -2.48. The van der Waals surface area contributed by atoms with E-state index >= 15 is 0 Å². The summed E-state index contributed by atoms with van der Waals surface area (Å²) in [6.07, 6.45) is 6.58. The van der Waals surface area contributed by atoms with Gasteiger partial charge in [0.05, 0.1) is 11.2 Å². The Morgan fingerprint density at radius 2 is 1.46 bits per heavy atom. The van der Waals surface area contributed by atoms with Crippen LogP contribution in [-0.4, -0.2) is 44.0 Å². The number of carbonyl (C=O) groups excluding carboxylic acids is 2. The molecule has 0 aliphatic rings. The van der Waals surface area contributed by atoms with Gasteiger partial charge in [-0.3, -0.25) is 19.6 Å². The number of aromatic nitrogens is 2. The highest BCUT2D eigenvalue weighted by Gasteiger charge is 2.18. The van der Waals surface area contributed by atoms with Crippen molar-refractivity contribution in [3.8, 4) is 0 Å². The van der Waals surface area contributed by atoms with Gasteiger partial charge >= 0.3 is 0 Å². The van der Waals surface area contributed by atoms with Gasteiger partial charge in [-0.25, -0.2) is 0 Å². The van der Waals surface area contributed by atoms with E-state index in [9.17, 15) is 19.8 Å². The third kappa shape index (κ3) is 6.44. The highest BCUT2D eigenvalue weighted by atomic mass is 16.3. The number of aliphatic hydroxyl groups is 3. The van der Waals surface area contributed by atoms with Crippen molar-refractivity contribution < 1.29 is 24.9 Å². The summed E-state index contributed by atoms with van der Waals surface area (Å²) >= 11 is 0. The average molecular weight is 360 g/mol. The summed E-state index contributed by atoms with van der Waals surface area (Å²) in [6.45, 7) is 5.97. The summed E-state index contributed by atoms with van der Waals surface area (Å²) in [5.74, 6) is -0.399. The van der Waals surface area contributed by atoms with Gasteiger partial charge < -0.3 is 15.3 Å². The molecule has 2 rings (SSSR count). The molecule has 0 radical (unpaired) electrons. The van der Waals surface area contributed by atoms with E-state index in [1.54, 1.807) is 40.0 Å². The lowest BCUT2D eigenvalue weighted by Gasteiger charge is -2.17. The fraction of sp³-hybridized carbons (Fsp3) is 0.368. The van der Waals surface area contributed by atoms with Gasteiger partial charge in [0.2, 0.25) is 0 Å². The van der Waals surface area contributed by atoms with Gasteiger partial charge in [0, 0.05) is 47.0 Å². The highest BCUT2D eigenvalue weighted by Crippen LogP contribution is 2.19. The summed E-state index contributed by atoms with van der Waals surface area (Å²) in [5.41, 5.74) is 0.0238. The first-order valence-corrected chi connectivity index (χ1v) is 7.94. The quantitative estimate of drug-likeness (QED) is 0.547. The van der Waals surface area contributed by atoms with Gasteiger partial charge in [-0.15, -0.1) is 0 Å². The van der Waals surface area contributed by atoms with Crippen molar-refractivity contribution in [2.24, 2.45) is 0 Å². The number of aldehydes is 1. The van der Waals surface area contributed by atoms with Crippen molar-refractivity contribution in [2.75, 3.05) is 6.61 Å². The van der Waals surface area contributed by atoms with Gasteiger partial charge in [0.25, 0.3) is 0 Å². The van der Waals surface area contributed by atoms with Crippen molar-refractivity contribution in [3.63, 3.8) is 0 Å². The van der Waals surface area contributed by atoms with Gasteiger partial charge in [-0.1, -0.05) is 0 Å². The largest absolute Gasteiger partial charge is 0.388 e. The average Bonchev–Trinajstić information content (AvgIpc) is 2.60. The predicted octanol–water partition coefficient (Wildman–Crippen LogP) is 1.61. The zero-order valence-electron chi connectivity index (χ0n) is 15.3. The smallest absolute Gasteiger partial charge is 0.189 e. The van der Waals surface area contributed by atoms with Crippen LogP contribution in [0.1, 0.15) is 59.5 Å². The first-order valence-electron chi connectivity index (χ1n) is 7.94. The number of ketones is 1. The number of carbonyl (C=O) groups is 2. The zero-order chi connectivity index (χ0) is 20.0. The van der Waals surface area contributed by atoms with Crippen LogP contribution in [0.5, 0.6) is 0 Å². The molecule has 7 heteroatoms. The number of hydrogen-bond donors (Lipinski definition) is 3. The number of rotatable bonds is 5. The van der Waals surface area contributed by atoms with Crippen molar-refractivity contribution in [1.82, 2.24) is 9.97 Å². The molecule has 0 spiro atoms. The molecule has 0 fully saturated rings. The Balaban J connectivity index is 0.000000263. The maximum atomic E-state index is 11.1. The van der Waals surface area contributed by atoms with Crippen molar-refractivity contribution in [2.45, 2.75) is 38.9 Å². The second kappa shape index (κ2) is 8.75. The van der Waals surface area contributed by atoms with E-state index < -0.39 is 23.6 Å². The van der Waals surface area contributed by atoms with Crippen LogP contribution in [0, 0.1) is 0 Å². The van der Waals surface area contributed by atoms with Crippen LogP contribution in [0.3, 0.4) is 0 Å². The number of pyridine rings is 2. The van der Waals surface area contributed by atoms with E-state index in [1.807, 2.05) is 0 Å². The Kier molecular flexibility index (Phi) is 7.26. The summed E-state index contributed by atoms with van der Waals surface area (Å²) in [4.78, 5) is 29.1. The van der Waals surface area contributed by atoms with Gasteiger partial charge in [-0.2, -0.15) is 0 Å². The lowest BCUT2D eigenvalue weighted by atomic mass is 9.98. The maximum Gasteiger partial charge on any atom is 0.189 e. The fourth-order valence-electron chi connectivity index (χ4n) is 1.88. The Labute approximate surface area is 152 Å². The van der Waals surface area contributed by atoms with Crippen LogP contribution >= 0.6 is 0 Å². The molecule has 0 amide bonds. The Bertz CT molecular complexity index is 761. The van der Waals surface area contributed by atoms with E-state index in [1.165, 1.54) is 24.7 Å². The van der Waals surface area contributed by atoms with Gasteiger partial charge in [0.15, 0.2) is 12.1 Å². The van der Waals surface area contributed by atoms with E-state index in [2.05, 4.69) is 9.97 Å². The predicted molar refractivity (Wildman–Crippen MR) is 95.8 cm³/mol. The molecule has 2 heterocycles. The van der Waals surface area contributed by atoms with E-state index in [0.29, 0.717) is 28.5 Å². The van der Waals surface area contributed by atoms with Gasteiger partial charge in [-0.05, 0) is 39.8 Å². The van der Waals surface area contributed by atoms with Crippen LogP contribution in [0.15, 0.2) is 36.9 Å². The Morgan fingerprint density at radius 1 is 0.962 bits per heavy atom. The van der Waals surface area contributed by atoms with Crippen LogP contribution < -0.4 is 0 Å². The molecule has 0 aromatic carbocycles. The molecule has 7 nitrogen and oxygen atoms in total. The van der Waals surface area contributed by atoms with Crippen molar-refractivity contribution >= 4 is 12.1 Å². The second-order valence-electron chi connectivity index (χ2n) is 6.79. The van der Waals surface area contributed by atoms with Crippen molar-refractivity contribution in [1.29, 1.82) is 0 Å². The first-order chi connectivity index (χ1) is 12.0. The molecule has 2 aromatic heterocycles. The molecule has 0 saturated heterocycles. The van der Waals surface area contributed by atoms with E-state index in [-0.39, 0.29) is 0 Å². The SMILES string of the molecule is CC(C)(O)c1cncc(C(=O)CO)c1.CC(C)(O)c1cncc(C=O)c1. The zero-order valence-corrected chi connectivity index (χ0v) is 15.3. The topological polar surface area (TPSA) is 121 Å². The molecule has 0 aliphatic heterocycles. The summed E-state index contributed by atoms with van der Waals surface area (Å²) in [5, 5.41) is 27.8. The molecule has 0 atom stereocenters. The molecule has 140 valence electrons. The summed E-state index contributed by atoms with van der Waals surface area (Å²) < 4.78 is 0. The molecule has 3 N–H and O–H groups in total. The minimum Gasteiger partial charge on any atom is -0.388 e. The second-order valence-corrected chi connectivity index (χ2v) is 6.79. The highest BCUT2D eigenvalue weighted by molar-refractivity contribution is 5.96. The van der Waals surface area contributed by atoms with Crippen LogP contribution in [0.2, 0.25) is 0 Å². The lowest BCUT2D eigenvalue weighted by molar-refractivity contribution is 0.0773. The molecule has 0 bridgehead atoms. The van der Waals surface area contributed by atoms with E-state index in [0.717, 1.165) is 0 Å². The van der Waals surface area contributed by atoms with Crippen LogP contribution in [0.25, 0.3) is 0 Å². The maximum absolute atomic E-state index is 11.1. The molecular formula is C19H24N2O5. The minimum absolute atomic E-state index is 0.312. The third-order valence-electron chi connectivity index (χ3n) is 3.51. The molecular weight excluding hydrogens is 336 g/mol. The lowest BCUT2D eigenvalue weighted by Crippen LogP contribution is -2.17. The van der Waals surface area contributed by atoms with Crippen LogP contribution in [-0.2, 0) is 11.2 Å². The molecule has 26 heavy (non-hydrogen) atoms. The molecule has 2 aromatic rings. The minimum atomic E-state index is -1.03. The normalized spacial score (nSPS) is 11.3. The number of nitrogens with zero attached hydrogens (tertiary/aromatic N) is 2. The number of aliphatic hydroxyl groups excluding tert-OH is 1. The number of hydrogen-bond acceptors (Lipinski definition) is 7. The fourth-order valence-corrected chi connectivity index (χ4v) is 1.88. The van der Waals surface area contributed by atoms with Crippen molar-refractivity contribution in [3.05, 3.63) is 59.2 Å². The Morgan fingerprint density at radius 3 is 1.92 bits per heavy atom. The van der Waals surface area contributed by atoms with Crippen LogP contribution in [0.4, 0.5) is 0 Å². The van der Waals surface area contributed by atoms with E-state index in [4.69, 9.17) is 5.11 Å². The third-order valence-corrected chi connectivity index (χ3v) is 3.51. The summed E-state index contributed by atoms with van der Waals surface area (Å²) in [7, 11) is 0. The number of Topliss-reactive ketones (excluding diaryl/α,β-unsaturated/α-hetero) is 1. The molecule has 0 saturated carbocycles. The first kappa shape index (κ1) is 21.6. The van der Waals surface area contributed by atoms with Gasteiger partial charge in [0.1, 0.15) is 6.61 Å². The molecule has 0 unspecified atom stereocenters.